The van der Waals surface area contributed by atoms with Crippen molar-refractivity contribution in [1.29, 1.82) is 0 Å². The van der Waals surface area contributed by atoms with Gasteiger partial charge in [-0.3, -0.25) is 0 Å². The number of halogens is 2. The van der Waals surface area contributed by atoms with Gasteiger partial charge in [0.15, 0.2) is 0 Å². The van der Waals surface area contributed by atoms with Crippen LogP contribution in [0.3, 0.4) is 0 Å². The van der Waals surface area contributed by atoms with E-state index >= 15 is 0 Å². The Morgan fingerprint density at radius 2 is 1.05 bits per heavy atom. The standard InChI is InChI=1S/2C15H19Si.C2H4.2ClH.Zr/c2*1-2-10-16(11-5-12-16)15-9-8-13-6-3-4-7-14(13)15;1-2;;;/h2*3-4,6-8,15H,2,5,10-12H2,1H3;1-2H2;2*1H;/q;;;;;+2/p-2. The van der Waals surface area contributed by atoms with Crippen LogP contribution in [0.25, 0.3) is 12.2 Å². The van der Waals surface area contributed by atoms with Crippen molar-refractivity contribution in [3.8, 4) is 0 Å². The summed E-state index contributed by atoms with van der Waals surface area (Å²) in [7, 11) is -2.47. The number of rotatable bonds is 8. The first-order valence-electron chi connectivity index (χ1n) is 14.8. The zero-order valence-electron chi connectivity index (χ0n) is 22.7. The summed E-state index contributed by atoms with van der Waals surface area (Å²) in [5, 5.41) is 0. The van der Waals surface area contributed by atoms with Crippen LogP contribution in [0.5, 0.6) is 0 Å². The predicted octanol–water partition coefficient (Wildman–Crippen LogP) is 3.88. The molecule has 2 unspecified atom stereocenters. The second kappa shape index (κ2) is 10.7. The van der Waals surface area contributed by atoms with Crippen molar-refractivity contribution in [3.63, 3.8) is 0 Å². The fourth-order valence-corrected chi connectivity index (χ4v) is 41.2. The van der Waals surface area contributed by atoms with E-state index in [4.69, 9.17) is 0 Å². The second-order valence-electron chi connectivity index (χ2n) is 12.8. The molecule has 37 heavy (non-hydrogen) atoms. The molecule has 0 amide bonds. The molecular weight excluding hydrogens is 603 g/mol. The Balaban J connectivity index is 0.00000140. The Morgan fingerprint density at radius 1 is 0.649 bits per heavy atom. The van der Waals surface area contributed by atoms with Gasteiger partial charge < -0.3 is 24.8 Å². The van der Waals surface area contributed by atoms with Crippen molar-refractivity contribution >= 4 is 28.3 Å². The Bertz CT molecular complexity index is 1130. The molecule has 5 aliphatic rings. The van der Waals surface area contributed by atoms with Crippen LogP contribution in [0.4, 0.5) is 0 Å². The molecule has 3 aliphatic heterocycles. The largest absolute Gasteiger partial charge is 1.00 e. The molecule has 0 aromatic heterocycles. The van der Waals surface area contributed by atoms with Crippen molar-refractivity contribution in [3.05, 3.63) is 77.3 Å². The van der Waals surface area contributed by atoms with Crippen molar-refractivity contribution in [2.45, 2.75) is 95.1 Å². The first kappa shape index (κ1) is 28.3. The minimum Gasteiger partial charge on any atom is -1.00 e. The minimum absolute atomic E-state index is 0. The van der Waals surface area contributed by atoms with Crippen LogP contribution in [-0.4, -0.2) is 16.1 Å². The molecule has 0 N–H and O–H groups in total. The van der Waals surface area contributed by atoms with Crippen LogP contribution in [0.1, 0.15) is 72.9 Å². The van der Waals surface area contributed by atoms with Crippen LogP contribution in [0.15, 0.2) is 55.1 Å². The molecule has 7 rings (SSSR count). The third-order valence-corrected chi connectivity index (χ3v) is 35.9. The van der Waals surface area contributed by atoms with Gasteiger partial charge in [-0.15, -0.1) is 0 Å². The maximum absolute atomic E-state index is 2.83. The van der Waals surface area contributed by atoms with E-state index in [9.17, 15) is 0 Å². The summed E-state index contributed by atoms with van der Waals surface area (Å²) in [4.78, 5) is 0. The van der Waals surface area contributed by atoms with Crippen LogP contribution in [0.2, 0.25) is 44.5 Å². The molecule has 2 aliphatic carbocycles. The summed E-state index contributed by atoms with van der Waals surface area (Å²) in [5.74, 6) is 0. The molecule has 5 heteroatoms. The van der Waals surface area contributed by atoms with Crippen molar-refractivity contribution in [2.75, 3.05) is 0 Å². The third-order valence-electron chi connectivity index (χ3n) is 11.1. The number of hydrogen-bond acceptors (Lipinski definition) is 0. The fraction of sp³-hybridized carbons (Fsp3) is 0.500. The first-order chi connectivity index (χ1) is 17.2. The summed E-state index contributed by atoms with van der Waals surface area (Å²) >= 11 is -2.55. The van der Waals surface area contributed by atoms with Gasteiger partial charge in [-0.05, 0) is 0 Å². The number of benzene rings is 2. The predicted molar refractivity (Wildman–Crippen MR) is 154 cm³/mol. The monoisotopic (exact) mass is 642 g/mol. The minimum atomic E-state index is -2.55. The molecule has 0 nitrogen and oxygen atoms in total. The third kappa shape index (κ3) is 4.19. The van der Waals surface area contributed by atoms with Crippen LogP contribution in [0, 0.1) is 0 Å². The van der Waals surface area contributed by atoms with Gasteiger partial charge in [0.2, 0.25) is 0 Å². The Kier molecular flexibility index (Phi) is 8.17. The van der Waals surface area contributed by atoms with E-state index in [-0.39, 0.29) is 24.8 Å². The summed E-state index contributed by atoms with van der Waals surface area (Å²) in [6, 6.07) is 29.0. The molecule has 3 fully saturated rings. The molecule has 0 radical (unpaired) electrons. The average Bonchev–Trinajstić information content (AvgIpc) is 3.39. The molecular formula is C32H42Cl2Si2Zr. The molecule has 0 saturated carbocycles. The second-order valence-corrected chi connectivity index (χ2v) is 33.1. The van der Waals surface area contributed by atoms with Gasteiger partial charge in [0.25, 0.3) is 0 Å². The molecule has 3 heterocycles. The van der Waals surface area contributed by atoms with Gasteiger partial charge in [0, 0.05) is 0 Å². The first-order valence-corrected chi connectivity index (χ1v) is 26.1. The molecule has 196 valence electrons. The van der Waals surface area contributed by atoms with E-state index in [1.165, 1.54) is 25.7 Å². The average molecular weight is 645 g/mol. The van der Waals surface area contributed by atoms with E-state index in [1.807, 2.05) is 0 Å². The van der Waals surface area contributed by atoms with Crippen molar-refractivity contribution < 1.29 is 45.1 Å². The summed E-state index contributed by atoms with van der Waals surface area (Å²) in [6.07, 6.45) is 11.5. The van der Waals surface area contributed by atoms with Crippen LogP contribution in [-0.2, 0) is 20.3 Å². The van der Waals surface area contributed by atoms with Gasteiger partial charge in [-0.25, -0.2) is 0 Å². The van der Waals surface area contributed by atoms with E-state index in [0.717, 1.165) is 11.1 Å². The van der Waals surface area contributed by atoms with Gasteiger partial charge in [0.1, 0.15) is 0 Å². The Labute approximate surface area is 244 Å². The fourth-order valence-electron chi connectivity index (χ4n) is 9.29. The molecule has 2 atom stereocenters. The van der Waals surface area contributed by atoms with Crippen molar-refractivity contribution in [1.82, 2.24) is 0 Å². The Morgan fingerprint density at radius 3 is 1.38 bits per heavy atom. The van der Waals surface area contributed by atoms with E-state index in [2.05, 4.69) is 81.1 Å². The SMILES string of the molecule is CCC[Si]1(C2[C]([Zr+2]3([C]4=Cc5ccccc5C4[Si]4(CCC)CCC4)[CH2][CH2]3)=Cc3ccccc32)CCC1.[Cl-].[Cl-]. The zero-order valence-corrected chi connectivity index (χ0v) is 28.6. The normalized spacial score (nSPS) is 25.9. The zero-order chi connectivity index (χ0) is 23.7. The smallest absolute Gasteiger partial charge is 1.00 e. The maximum Gasteiger partial charge on any atom is -1.00 e. The van der Waals surface area contributed by atoms with E-state index in [0.29, 0.717) is 0 Å². The molecule has 3 saturated heterocycles. The number of fused-ring (bicyclic) bond motifs is 2. The molecule has 2 aromatic carbocycles. The maximum atomic E-state index is 2.83. The van der Waals surface area contributed by atoms with Crippen molar-refractivity contribution in [2.24, 2.45) is 0 Å². The van der Waals surface area contributed by atoms with Gasteiger partial charge in [-0.2, -0.15) is 0 Å². The van der Waals surface area contributed by atoms with E-state index < -0.39 is 36.4 Å². The summed E-state index contributed by atoms with van der Waals surface area (Å²) < 4.78 is 7.47. The topological polar surface area (TPSA) is 0 Å². The van der Waals surface area contributed by atoms with E-state index in [1.54, 1.807) is 66.8 Å². The number of hydrogen-bond donors (Lipinski definition) is 0. The van der Waals surface area contributed by atoms with Gasteiger partial charge in [0.05, 0.1) is 0 Å². The summed E-state index contributed by atoms with van der Waals surface area (Å²) in [6.45, 7) is 4.94. The van der Waals surface area contributed by atoms with Crippen LogP contribution >= 0.6 is 0 Å². The number of allylic oxidation sites excluding steroid dienone is 2. The van der Waals surface area contributed by atoms with Gasteiger partial charge in [-0.1, -0.05) is 0 Å². The van der Waals surface area contributed by atoms with Crippen LogP contribution < -0.4 is 24.8 Å². The summed E-state index contributed by atoms with van der Waals surface area (Å²) in [5.41, 5.74) is 8.59. The Hall–Kier alpha value is -0.183. The molecule has 0 spiro atoms. The van der Waals surface area contributed by atoms with Gasteiger partial charge >= 0.3 is 221 Å². The quantitative estimate of drug-likeness (QED) is 0.383. The molecule has 0 bridgehead atoms. The molecule has 2 aromatic rings.